The van der Waals surface area contributed by atoms with Crippen LogP contribution in [-0.2, 0) is 10.0 Å². The van der Waals surface area contributed by atoms with Crippen molar-refractivity contribution in [3.8, 4) is 11.6 Å². The van der Waals surface area contributed by atoms with E-state index in [2.05, 4.69) is 14.9 Å². The molecule has 29 heavy (non-hydrogen) atoms. The summed E-state index contributed by atoms with van der Waals surface area (Å²) in [4.78, 5) is 11.0. The molecule has 152 valence electrons. The van der Waals surface area contributed by atoms with E-state index >= 15 is 0 Å². The highest BCUT2D eigenvalue weighted by Crippen LogP contribution is 2.25. The summed E-state index contributed by atoms with van der Waals surface area (Å²) in [6.45, 7) is 3.77. The van der Waals surface area contributed by atoms with Gasteiger partial charge in [0, 0.05) is 44.6 Å². The van der Waals surface area contributed by atoms with Gasteiger partial charge in [-0.1, -0.05) is 0 Å². The predicted molar refractivity (Wildman–Crippen MR) is 110 cm³/mol. The van der Waals surface area contributed by atoms with E-state index in [-0.39, 0.29) is 0 Å². The van der Waals surface area contributed by atoms with E-state index < -0.39 is 10.0 Å². The van der Waals surface area contributed by atoms with E-state index in [1.165, 1.54) is 10.6 Å². The number of sulfonamides is 1. The first-order valence-electron chi connectivity index (χ1n) is 9.34. The molecule has 9 heteroatoms. The first kappa shape index (κ1) is 19.4. The summed E-state index contributed by atoms with van der Waals surface area (Å²) >= 11 is 0. The highest BCUT2D eigenvalue weighted by atomic mass is 32.2. The number of hydrogen-bond donors (Lipinski definition) is 0. The van der Waals surface area contributed by atoms with Gasteiger partial charge in [0.25, 0.3) is 0 Å². The second kappa shape index (κ2) is 7.84. The average Bonchev–Trinajstić information content (AvgIpc) is 3.29. The lowest BCUT2D eigenvalue weighted by atomic mass is 10.2. The summed E-state index contributed by atoms with van der Waals surface area (Å²) in [5.41, 5.74) is 0.797. The Kier molecular flexibility index (Phi) is 5.25. The molecule has 0 bridgehead atoms. The van der Waals surface area contributed by atoms with Gasteiger partial charge < -0.3 is 14.2 Å². The van der Waals surface area contributed by atoms with Crippen LogP contribution in [0.2, 0.25) is 0 Å². The summed E-state index contributed by atoms with van der Waals surface area (Å²) in [5, 5.41) is 0. The number of aryl methyl sites for hydroxylation is 1. The molecule has 1 fully saturated rings. The first-order chi connectivity index (χ1) is 14.0. The van der Waals surface area contributed by atoms with Gasteiger partial charge in [-0.05, 0) is 42.8 Å². The van der Waals surface area contributed by atoms with Crippen molar-refractivity contribution in [2.75, 3.05) is 38.2 Å². The molecule has 1 aliphatic heterocycles. The number of piperazine rings is 1. The molecule has 1 aliphatic rings. The molecular formula is C20H23N5O3S. The third-order valence-electron chi connectivity index (χ3n) is 5.07. The summed E-state index contributed by atoms with van der Waals surface area (Å²) in [5.74, 6) is 2.25. The number of hydrogen-bond acceptors (Lipinski definition) is 6. The number of ether oxygens (including phenoxy) is 1. The Morgan fingerprint density at radius 2 is 1.66 bits per heavy atom. The molecule has 8 nitrogen and oxygen atoms in total. The molecule has 1 saturated heterocycles. The fraction of sp³-hybridized carbons (Fsp3) is 0.300. The van der Waals surface area contributed by atoms with Crippen molar-refractivity contribution in [3.05, 3.63) is 60.7 Å². The Labute approximate surface area is 170 Å². The zero-order valence-electron chi connectivity index (χ0n) is 16.4. The molecule has 3 heterocycles. The van der Waals surface area contributed by atoms with E-state index in [4.69, 9.17) is 4.74 Å². The smallest absolute Gasteiger partial charge is 0.243 e. The van der Waals surface area contributed by atoms with Gasteiger partial charge in [0.2, 0.25) is 10.0 Å². The molecule has 3 aromatic rings. The Bertz CT molecular complexity index is 1090. The van der Waals surface area contributed by atoms with Crippen LogP contribution in [0.1, 0.15) is 5.56 Å². The molecule has 0 aliphatic carbocycles. The van der Waals surface area contributed by atoms with Crippen molar-refractivity contribution >= 4 is 15.8 Å². The summed E-state index contributed by atoms with van der Waals surface area (Å²) in [7, 11) is -1.97. The molecule has 0 amide bonds. The Morgan fingerprint density at radius 1 is 0.966 bits per heavy atom. The van der Waals surface area contributed by atoms with Crippen LogP contribution in [0.5, 0.6) is 5.75 Å². The molecule has 0 spiro atoms. The van der Waals surface area contributed by atoms with Gasteiger partial charge in [0.05, 0.1) is 12.0 Å². The predicted octanol–water partition coefficient (Wildman–Crippen LogP) is 2.10. The molecule has 2 aromatic heterocycles. The molecule has 1 aromatic carbocycles. The van der Waals surface area contributed by atoms with Gasteiger partial charge in [-0.25, -0.2) is 18.4 Å². The third-order valence-corrected chi connectivity index (χ3v) is 6.97. The van der Waals surface area contributed by atoms with Crippen LogP contribution in [0.15, 0.2) is 60.0 Å². The van der Waals surface area contributed by atoms with Crippen molar-refractivity contribution in [1.82, 2.24) is 18.8 Å². The molecule has 0 N–H and O–H groups in total. The number of benzene rings is 1. The molecule has 0 radical (unpaired) electrons. The molecule has 0 unspecified atom stereocenters. The number of anilines is 1. The van der Waals surface area contributed by atoms with Crippen molar-refractivity contribution in [2.24, 2.45) is 0 Å². The number of nitrogens with zero attached hydrogens (tertiary/aromatic N) is 5. The van der Waals surface area contributed by atoms with E-state index in [1.54, 1.807) is 25.3 Å². The minimum Gasteiger partial charge on any atom is -0.496 e. The maximum absolute atomic E-state index is 13.0. The number of aromatic nitrogens is 3. The fourth-order valence-electron chi connectivity index (χ4n) is 3.46. The van der Waals surface area contributed by atoms with Gasteiger partial charge in [-0.15, -0.1) is 0 Å². The van der Waals surface area contributed by atoms with Crippen molar-refractivity contribution in [3.63, 3.8) is 0 Å². The SMILES string of the molecule is COc1ccc(S(=O)(=O)N2CCN(c3cc(-n4cccc4)ncn3)CC2)cc1C. The van der Waals surface area contributed by atoms with Gasteiger partial charge >= 0.3 is 0 Å². The zero-order valence-corrected chi connectivity index (χ0v) is 17.2. The highest BCUT2D eigenvalue weighted by molar-refractivity contribution is 7.89. The largest absolute Gasteiger partial charge is 0.496 e. The van der Waals surface area contributed by atoms with Crippen molar-refractivity contribution < 1.29 is 13.2 Å². The highest BCUT2D eigenvalue weighted by Gasteiger charge is 2.29. The maximum atomic E-state index is 13.0. The lowest BCUT2D eigenvalue weighted by Gasteiger charge is -2.34. The molecular weight excluding hydrogens is 390 g/mol. The van der Waals surface area contributed by atoms with Crippen LogP contribution >= 0.6 is 0 Å². The lowest BCUT2D eigenvalue weighted by Crippen LogP contribution is -2.49. The Hall–Kier alpha value is -2.91. The van der Waals surface area contributed by atoms with E-state index in [9.17, 15) is 8.42 Å². The second-order valence-electron chi connectivity index (χ2n) is 6.85. The normalized spacial score (nSPS) is 15.4. The average molecular weight is 414 g/mol. The lowest BCUT2D eigenvalue weighted by molar-refractivity contribution is 0.383. The standard InChI is InChI=1S/C20H23N5O3S/c1-16-13-17(5-6-18(16)28-2)29(26,27)25-11-9-24(10-12-25)20-14-19(21-15-22-20)23-7-3-4-8-23/h3-8,13-15H,9-12H2,1-2H3. The minimum atomic E-state index is -3.54. The third kappa shape index (κ3) is 3.83. The van der Waals surface area contributed by atoms with Crippen molar-refractivity contribution in [1.29, 1.82) is 0 Å². The van der Waals surface area contributed by atoms with Gasteiger partial charge in [0.15, 0.2) is 0 Å². The van der Waals surface area contributed by atoms with Crippen molar-refractivity contribution in [2.45, 2.75) is 11.8 Å². The second-order valence-corrected chi connectivity index (χ2v) is 8.79. The quantitative estimate of drug-likeness (QED) is 0.637. The fourth-order valence-corrected chi connectivity index (χ4v) is 4.96. The first-order valence-corrected chi connectivity index (χ1v) is 10.8. The number of methoxy groups -OCH3 is 1. The Morgan fingerprint density at radius 3 is 2.31 bits per heavy atom. The van der Waals surface area contributed by atoms with Crippen LogP contribution in [0.3, 0.4) is 0 Å². The molecule has 4 rings (SSSR count). The van der Waals surface area contributed by atoms with Crippen LogP contribution < -0.4 is 9.64 Å². The van der Waals surface area contributed by atoms with Gasteiger partial charge in [0.1, 0.15) is 23.7 Å². The van der Waals surface area contributed by atoms with E-state index in [0.29, 0.717) is 36.8 Å². The van der Waals surface area contributed by atoms with E-state index in [0.717, 1.165) is 17.2 Å². The van der Waals surface area contributed by atoms with Gasteiger partial charge in [-0.3, -0.25) is 0 Å². The topological polar surface area (TPSA) is 80.6 Å². The van der Waals surface area contributed by atoms with E-state index in [1.807, 2.05) is 42.1 Å². The Balaban J connectivity index is 1.48. The molecule has 0 saturated carbocycles. The number of rotatable bonds is 5. The zero-order chi connectivity index (χ0) is 20.4. The monoisotopic (exact) mass is 413 g/mol. The van der Waals surface area contributed by atoms with Crippen LogP contribution in [0.4, 0.5) is 5.82 Å². The summed E-state index contributed by atoms with van der Waals surface area (Å²) in [6, 6.07) is 10.7. The summed E-state index contributed by atoms with van der Waals surface area (Å²) < 4.78 is 34.7. The maximum Gasteiger partial charge on any atom is 0.243 e. The van der Waals surface area contributed by atoms with Gasteiger partial charge in [-0.2, -0.15) is 4.31 Å². The molecule has 0 atom stereocenters. The minimum absolute atomic E-state index is 0.293. The summed E-state index contributed by atoms with van der Waals surface area (Å²) in [6.07, 6.45) is 5.38. The van der Waals surface area contributed by atoms with Crippen LogP contribution in [0.25, 0.3) is 5.82 Å². The van der Waals surface area contributed by atoms with Crippen LogP contribution in [-0.4, -0.2) is 60.5 Å². The van der Waals surface area contributed by atoms with Crippen LogP contribution in [0, 0.1) is 6.92 Å².